The number of hydrogen-bond acceptors (Lipinski definition) is 3. The summed E-state index contributed by atoms with van der Waals surface area (Å²) < 4.78 is 5.63. The Morgan fingerprint density at radius 3 is 2.70 bits per heavy atom. The second-order valence-electron chi connectivity index (χ2n) is 5.78. The van der Waals surface area contributed by atoms with Crippen molar-refractivity contribution in [2.45, 2.75) is 26.3 Å². The van der Waals surface area contributed by atoms with E-state index in [2.05, 4.69) is 6.58 Å². The zero-order chi connectivity index (χ0) is 14.9. The van der Waals surface area contributed by atoms with Crippen LogP contribution >= 0.6 is 0 Å². The lowest BCUT2D eigenvalue weighted by molar-refractivity contribution is 0.0586. The number of rotatable bonds is 3. The minimum absolute atomic E-state index is 0.146. The van der Waals surface area contributed by atoms with Gasteiger partial charge in [0, 0.05) is 23.2 Å². The maximum atomic E-state index is 12.6. The van der Waals surface area contributed by atoms with Gasteiger partial charge in [-0.15, -0.1) is 6.58 Å². The van der Waals surface area contributed by atoms with Crippen LogP contribution in [0, 0.1) is 0 Å². The fourth-order valence-corrected chi connectivity index (χ4v) is 2.09. The molecule has 1 heterocycles. The van der Waals surface area contributed by atoms with Crippen molar-refractivity contribution < 1.29 is 9.21 Å². The molecule has 2 aromatic rings. The van der Waals surface area contributed by atoms with E-state index in [1.165, 1.54) is 0 Å². The van der Waals surface area contributed by atoms with Crippen LogP contribution in [0.2, 0.25) is 0 Å². The number of fused-ring (bicyclic) bond motifs is 1. The second-order valence-corrected chi connectivity index (χ2v) is 5.78. The highest BCUT2D eigenvalue weighted by Gasteiger charge is 2.28. The van der Waals surface area contributed by atoms with Crippen LogP contribution < -0.4 is 5.73 Å². The summed E-state index contributed by atoms with van der Waals surface area (Å²) in [5.41, 5.74) is 6.74. The Bertz CT molecular complexity index is 650. The molecule has 4 nitrogen and oxygen atoms in total. The molecule has 0 saturated heterocycles. The molecule has 1 aromatic heterocycles. The molecule has 106 valence electrons. The molecule has 0 atom stereocenters. The molecule has 0 unspecified atom stereocenters. The average Bonchev–Trinajstić information content (AvgIpc) is 2.76. The van der Waals surface area contributed by atoms with Gasteiger partial charge in [-0.3, -0.25) is 4.79 Å². The van der Waals surface area contributed by atoms with E-state index in [0.29, 0.717) is 23.6 Å². The van der Waals surface area contributed by atoms with E-state index in [0.717, 1.165) is 5.39 Å². The SMILES string of the molecule is C=CCN(C(=O)c1cc2cc(N)ccc2o1)C(C)(C)C. The third-order valence-electron chi connectivity index (χ3n) is 3.12. The van der Waals surface area contributed by atoms with E-state index in [1.807, 2.05) is 20.8 Å². The molecule has 1 amide bonds. The van der Waals surface area contributed by atoms with Crippen LogP contribution in [-0.2, 0) is 0 Å². The van der Waals surface area contributed by atoms with E-state index in [1.54, 1.807) is 35.2 Å². The number of carbonyl (C=O) groups is 1. The van der Waals surface area contributed by atoms with Gasteiger partial charge in [0.05, 0.1) is 0 Å². The van der Waals surface area contributed by atoms with Crippen molar-refractivity contribution >= 4 is 22.6 Å². The predicted molar refractivity (Wildman–Crippen MR) is 81.6 cm³/mol. The number of nitrogen functional groups attached to an aromatic ring is 1. The summed E-state index contributed by atoms with van der Waals surface area (Å²) in [5.74, 6) is 0.176. The van der Waals surface area contributed by atoms with Crippen LogP contribution in [0.25, 0.3) is 11.0 Å². The Morgan fingerprint density at radius 1 is 1.40 bits per heavy atom. The Hall–Kier alpha value is -2.23. The zero-order valence-corrected chi connectivity index (χ0v) is 12.1. The van der Waals surface area contributed by atoms with E-state index < -0.39 is 0 Å². The number of amides is 1. The van der Waals surface area contributed by atoms with Gasteiger partial charge >= 0.3 is 0 Å². The Balaban J connectivity index is 2.41. The van der Waals surface area contributed by atoms with Gasteiger partial charge in [0.2, 0.25) is 0 Å². The predicted octanol–water partition coefficient (Wildman–Crippen LogP) is 3.44. The van der Waals surface area contributed by atoms with Gasteiger partial charge in [0.15, 0.2) is 5.76 Å². The fourth-order valence-electron chi connectivity index (χ4n) is 2.09. The first-order valence-corrected chi connectivity index (χ1v) is 6.55. The number of nitrogens with zero attached hydrogens (tertiary/aromatic N) is 1. The maximum absolute atomic E-state index is 12.6. The van der Waals surface area contributed by atoms with Gasteiger partial charge in [0.1, 0.15) is 5.58 Å². The van der Waals surface area contributed by atoms with Crippen molar-refractivity contribution in [3.8, 4) is 0 Å². The van der Waals surface area contributed by atoms with E-state index >= 15 is 0 Å². The van der Waals surface area contributed by atoms with Crippen LogP contribution in [0.5, 0.6) is 0 Å². The summed E-state index contributed by atoms with van der Waals surface area (Å²) in [6, 6.07) is 7.06. The number of benzene rings is 1. The van der Waals surface area contributed by atoms with Crippen molar-refractivity contribution in [1.82, 2.24) is 4.90 Å². The van der Waals surface area contributed by atoms with Crippen LogP contribution in [0.1, 0.15) is 31.3 Å². The lowest BCUT2D eigenvalue weighted by Crippen LogP contribution is -2.45. The minimum atomic E-state index is -0.302. The molecule has 20 heavy (non-hydrogen) atoms. The summed E-state index contributed by atoms with van der Waals surface area (Å²) in [7, 11) is 0. The standard InChI is InChI=1S/C16H20N2O2/c1-5-8-18(16(2,3)4)15(19)14-10-11-9-12(17)6-7-13(11)20-14/h5-7,9-10H,1,8,17H2,2-4H3. The summed E-state index contributed by atoms with van der Waals surface area (Å²) in [6.07, 6.45) is 1.71. The van der Waals surface area contributed by atoms with Gasteiger partial charge in [-0.25, -0.2) is 0 Å². The third kappa shape index (κ3) is 2.69. The molecule has 1 aromatic carbocycles. The van der Waals surface area contributed by atoms with Crippen molar-refractivity contribution in [2.75, 3.05) is 12.3 Å². The first-order valence-electron chi connectivity index (χ1n) is 6.55. The highest BCUT2D eigenvalue weighted by atomic mass is 16.3. The molecule has 0 radical (unpaired) electrons. The highest BCUT2D eigenvalue weighted by molar-refractivity contribution is 5.97. The van der Waals surface area contributed by atoms with Crippen molar-refractivity contribution in [2.24, 2.45) is 0 Å². The summed E-state index contributed by atoms with van der Waals surface area (Å²) in [6.45, 7) is 10.1. The quantitative estimate of drug-likeness (QED) is 0.687. The monoisotopic (exact) mass is 272 g/mol. The number of hydrogen-bond donors (Lipinski definition) is 1. The summed E-state index contributed by atoms with van der Waals surface area (Å²) in [5, 5.41) is 0.834. The molecule has 0 spiro atoms. The largest absolute Gasteiger partial charge is 0.451 e. The molecule has 0 saturated carbocycles. The van der Waals surface area contributed by atoms with Gasteiger partial charge < -0.3 is 15.1 Å². The maximum Gasteiger partial charge on any atom is 0.290 e. The van der Waals surface area contributed by atoms with Crippen LogP contribution in [0.4, 0.5) is 5.69 Å². The van der Waals surface area contributed by atoms with Crippen LogP contribution in [0.15, 0.2) is 41.3 Å². The molecule has 0 fully saturated rings. The van der Waals surface area contributed by atoms with Crippen LogP contribution in [0.3, 0.4) is 0 Å². The number of furan rings is 1. The van der Waals surface area contributed by atoms with Gasteiger partial charge in [-0.1, -0.05) is 6.08 Å². The lowest BCUT2D eigenvalue weighted by atomic mass is 10.1. The second kappa shape index (κ2) is 5.04. The fraction of sp³-hybridized carbons (Fsp3) is 0.312. The number of nitrogens with two attached hydrogens (primary N) is 1. The molecule has 0 aliphatic rings. The number of carbonyl (C=O) groups excluding carboxylic acids is 1. The van der Waals surface area contributed by atoms with Crippen molar-refractivity contribution in [3.63, 3.8) is 0 Å². The van der Waals surface area contributed by atoms with E-state index in [-0.39, 0.29) is 11.4 Å². The molecule has 2 N–H and O–H groups in total. The van der Waals surface area contributed by atoms with Gasteiger partial charge in [0.25, 0.3) is 5.91 Å². The van der Waals surface area contributed by atoms with Crippen molar-refractivity contribution in [3.05, 3.63) is 42.7 Å². The molecular formula is C16H20N2O2. The Morgan fingerprint density at radius 2 is 2.10 bits per heavy atom. The normalized spacial score (nSPS) is 11.6. The highest BCUT2D eigenvalue weighted by Crippen LogP contribution is 2.24. The van der Waals surface area contributed by atoms with E-state index in [4.69, 9.17) is 10.2 Å². The smallest absolute Gasteiger partial charge is 0.290 e. The molecule has 0 aliphatic heterocycles. The molecule has 4 heteroatoms. The molecular weight excluding hydrogens is 252 g/mol. The molecule has 2 rings (SSSR count). The first kappa shape index (κ1) is 14.2. The van der Waals surface area contributed by atoms with Crippen molar-refractivity contribution in [1.29, 1.82) is 0 Å². The topological polar surface area (TPSA) is 59.5 Å². The van der Waals surface area contributed by atoms with Gasteiger partial charge in [-0.2, -0.15) is 0 Å². The van der Waals surface area contributed by atoms with Gasteiger partial charge in [-0.05, 0) is 45.0 Å². The Kier molecular flexibility index (Phi) is 3.57. The number of anilines is 1. The Labute approximate surface area is 118 Å². The summed E-state index contributed by atoms with van der Waals surface area (Å²) in [4.78, 5) is 14.3. The van der Waals surface area contributed by atoms with Crippen LogP contribution in [-0.4, -0.2) is 22.9 Å². The molecule has 0 bridgehead atoms. The zero-order valence-electron chi connectivity index (χ0n) is 12.1. The minimum Gasteiger partial charge on any atom is -0.451 e. The third-order valence-corrected chi connectivity index (χ3v) is 3.12. The summed E-state index contributed by atoms with van der Waals surface area (Å²) >= 11 is 0. The van der Waals surface area contributed by atoms with E-state index in [9.17, 15) is 4.79 Å². The molecule has 0 aliphatic carbocycles. The lowest BCUT2D eigenvalue weighted by Gasteiger charge is -2.34. The average molecular weight is 272 g/mol. The first-order chi connectivity index (χ1) is 9.32.